The van der Waals surface area contributed by atoms with Crippen molar-refractivity contribution in [1.82, 2.24) is 0 Å². The van der Waals surface area contributed by atoms with Gasteiger partial charge in [-0.1, -0.05) is 18.2 Å². The first kappa shape index (κ1) is 13.1. The van der Waals surface area contributed by atoms with Crippen molar-refractivity contribution in [2.75, 3.05) is 21.0 Å². The first-order chi connectivity index (χ1) is 8.76. The summed E-state index contributed by atoms with van der Waals surface area (Å²) >= 11 is 0. The Kier molecular flexibility index (Phi) is 4.33. The molecule has 1 aliphatic carbocycles. The average Bonchev–Trinajstić information content (AvgIpc) is 2.81. The zero-order chi connectivity index (χ0) is 13.0. The molecular formula is C14H18O4. The van der Waals surface area contributed by atoms with Gasteiger partial charge in [0.2, 0.25) is 0 Å². The van der Waals surface area contributed by atoms with Gasteiger partial charge in [-0.15, -0.1) is 0 Å². The Hall–Kier alpha value is -1.39. The minimum absolute atomic E-state index is 0.118. The van der Waals surface area contributed by atoms with Crippen LogP contribution in [0.25, 0.3) is 0 Å². The second kappa shape index (κ2) is 5.98. The van der Waals surface area contributed by atoms with Gasteiger partial charge in [-0.2, -0.15) is 0 Å². The number of methoxy groups -OCH3 is 2. The molecule has 4 nitrogen and oxygen atoms in total. The van der Waals surface area contributed by atoms with E-state index in [4.69, 9.17) is 14.2 Å². The standard InChI is InChI=1S/C14H18O4/c1-16-9-18-8-10-3-4-11-5-6-12(13(11)7-10)14(15)17-2/h3-4,7,12H,5-6,8-9H2,1-2H3. The lowest BCUT2D eigenvalue weighted by atomic mass is 9.99. The lowest BCUT2D eigenvalue weighted by Crippen LogP contribution is -2.11. The van der Waals surface area contributed by atoms with Crippen LogP contribution in [-0.2, 0) is 32.0 Å². The monoisotopic (exact) mass is 250 g/mol. The second-order valence-corrected chi connectivity index (χ2v) is 4.40. The smallest absolute Gasteiger partial charge is 0.313 e. The quantitative estimate of drug-likeness (QED) is 0.455. The number of carbonyl (C=O) groups is 1. The number of carbonyl (C=O) groups excluding carboxylic acids is 1. The van der Waals surface area contributed by atoms with Crippen LogP contribution >= 0.6 is 0 Å². The van der Waals surface area contributed by atoms with Crippen LogP contribution in [-0.4, -0.2) is 27.0 Å². The van der Waals surface area contributed by atoms with E-state index >= 15 is 0 Å². The number of ether oxygens (including phenoxy) is 3. The van der Waals surface area contributed by atoms with Crippen molar-refractivity contribution in [1.29, 1.82) is 0 Å². The highest BCUT2D eigenvalue weighted by Gasteiger charge is 2.29. The Balaban J connectivity index is 2.12. The Labute approximate surface area is 107 Å². The number of fused-ring (bicyclic) bond motifs is 1. The Morgan fingerprint density at radius 3 is 2.94 bits per heavy atom. The molecule has 0 amide bonds. The van der Waals surface area contributed by atoms with Crippen molar-refractivity contribution >= 4 is 5.97 Å². The third-order valence-corrected chi connectivity index (χ3v) is 3.24. The van der Waals surface area contributed by atoms with Gasteiger partial charge < -0.3 is 14.2 Å². The van der Waals surface area contributed by atoms with Gasteiger partial charge in [0.15, 0.2) is 0 Å². The van der Waals surface area contributed by atoms with Crippen molar-refractivity contribution in [3.63, 3.8) is 0 Å². The molecule has 0 saturated carbocycles. The van der Waals surface area contributed by atoms with E-state index in [0.717, 1.165) is 24.0 Å². The van der Waals surface area contributed by atoms with Crippen LogP contribution < -0.4 is 0 Å². The highest BCUT2D eigenvalue weighted by molar-refractivity contribution is 5.79. The lowest BCUT2D eigenvalue weighted by Gasteiger charge is -2.10. The molecule has 98 valence electrons. The molecule has 1 aromatic carbocycles. The van der Waals surface area contributed by atoms with Crippen LogP contribution in [0.4, 0.5) is 0 Å². The predicted molar refractivity (Wildman–Crippen MR) is 66.2 cm³/mol. The molecule has 1 unspecified atom stereocenters. The molecule has 1 aliphatic rings. The minimum atomic E-state index is -0.149. The Morgan fingerprint density at radius 1 is 1.39 bits per heavy atom. The summed E-state index contributed by atoms with van der Waals surface area (Å²) in [6.07, 6.45) is 1.78. The fourth-order valence-electron chi connectivity index (χ4n) is 2.37. The van der Waals surface area contributed by atoms with E-state index in [9.17, 15) is 4.79 Å². The Morgan fingerprint density at radius 2 is 2.22 bits per heavy atom. The van der Waals surface area contributed by atoms with Crippen molar-refractivity contribution < 1.29 is 19.0 Å². The minimum Gasteiger partial charge on any atom is -0.469 e. The van der Waals surface area contributed by atoms with Crippen molar-refractivity contribution in [2.45, 2.75) is 25.4 Å². The predicted octanol–water partition coefficient (Wildman–Crippen LogP) is 2.01. The summed E-state index contributed by atoms with van der Waals surface area (Å²) in [5.74, 6) is -0.268. The molecule has 18 heavy (non-hydrogen) atoms. The summed E-state index contributed by atoms with van der Waals surface area (Å²) in [7, 11) is 3.03. The lowest BCUT2D eigenvalue weighted by molar-refractivity contribution is -0.142. The summed E-state index contributed by atoms with van der Waals surface area (Å²) in [6.45, 7) is 0.770. The van der Waals surface area contributed by atoms with Crippen LogP contribution in [0.1, 0.15) is 29.0 Å². The van der Waals surface area contributed by atoms with E-state index in [1.165, 1.54) is 12.7 Å². The number of rotatable bonds is 5. The summed E-state index contributed by atoms with van der Waals surface area (Å²) in [5, 5.41) is 0. The molecule has 0 aliphatic heterocycles. The second-order valence-electron chi connectivity index (χ2n) is 4.40. The largest absolute Gasteiger partial charge is 0.469 e. The fraction of sp³-hybridized carbons (Fsp3) is 0.500. The topological polar surface area (TPSA) is 44.8 Å². The van der Waals surface area contributed by atoms with Crippen LogP contribution in [0.15, 0.2) is 18.2 Å². The molecule has 0 bridgehead atoms. The highest BCUT2D eigenvalue weighted by atomic mass is 16.7. The molecule has 1 atom stereocenters. The van der Waals surface area contributed by atoms with Gasteiger partial charge in [0.1, 0.15) is 6.79 Å². The maximum atomic E-state index is 11.7. The normalized spacial score (nSPS) is 17.6. The molecule has 0 fully saturated rings. The number of aryl methyl sites for hydroxylation is 1. The number of hydrogen-bond acceptors (Lipinski definition) is 4. The highest BCUT2D eigenvalue weighted by Crippen LogP contribution is 2.34. The molecule has 0 heterocycles. The Bertz CT molecular complexity index is 428. The van der Waals surface area contributed by atoms with E-state index in [-0.39, 0.29) is 18.7 Å². The van der Waals surface area contributed by atoms with Crippen molar-refractivity contribution in [2.24, 2.45) is 0 Å². The zero-order valence-corrected chi connectivity index (χ0v) is 10.8. The SMILES string of the molecule is COCOCc1ccc2c(c1)C(C(=O)OC)CC2. The van der Waals surface area contributed by atoms with Gasteiger partial charge in [-0.25, -0.2) is 0 Å². The molecule has 0 N–H and O–H groups in total. The van der Waals surface area contributed by atoms with Gasteiger partial charge in [-0.05, 0) is 29.5 Å². The maximum absolute atomic E-state index is 11.7. The van der Waals surface area contributed by atoms with Crippen LogP contribution in [0.2, 0.25) is 0 Å². The summed E-state index contributed by atoms with van der Waals surface area (Å²) < 4.78 is 15.0. The molecule has 4 heteroatoms. The molecule has 0 saturated heterocycles. The molecule has 1 aromatic rings. The van der Waals surface area contributed by atoms with Gasteiger partial charge in [-0.3, -0.25) is 4.79 Å². The third-order valence-electron chi connectivity index (χ3n) is 3.24. The molecule has 0 aromatic heterocycles. The van der Waals surface area contributed by atoms with Crippen LogP contribution in [0.3, 0.4) is 0 Å². The van der Waals surface area contributed by atoms with E-state index in [1.807, 2.05) is 12.1 Å². The number of benzene rings is 1. The fourth-order valence-corrected chi connectivity index (χ4v) is 2.37. The molecule has 0 radical (unpaired) electrons. The average molecular weight is 250 g/mol. The van der Waals surface area contributed by atoms with Gasteiger partial charge in [0.05, 0.1) is 19.6 Å². The molecule has 2 rings (SSSR count). The molecular weight excluding hydrogens is 232 g/mol. The number of esters is 1. The summed E-state index contributed by atoms with van der Waals surface area (Å²) in [6, 6.07) is 6.15. The zero-order valence-electron chi connectivity index (χ0n) is 10.8. The van der Waals surface area contributed by atoms with Crippen LogP contribution in [0.5, 0.6) is 0 Å². The van der Waals surface area contributed by atoms with Gasteiger partial charge >= 0.3 is 5.97 Å². The number of hydrogen-bond donors (Lipinski definition) is 0. The summed E-state index contributed by atoms with van der Waals surface area (Å²) in [4.78, 5) is 11.7. The van der Waals surface area contributed by atoms with Crippen molar-refractivity contribution in [3.05, 3.63) is 34.9 Å². The van der Waals surface area contributed by atoms with Gasteiger partial charge in [0.25, 0.3) is 0 Å². The van der Waals surface area contributed by atoms with E-state index in [2.05, 4.69) is 6.07 Å². The van der Waals surface area contributed by atoms with E-state index in [1.54, 1.807) is 7.11 Å². The molecule has 0 spiro atoms. The summed E-state index contributed by atoms with van der Waals surface area (Å²) in [5.41, 5.74) is 3.38. The van der Waals surface area contributed by atoms with E-state index in [0.29, 0.717) is 6.61 Å². The first-order valence-corrected chi connectivity index (χ1v) is 6.02. The maximum Gasteiger partial charge on any atom is 0.313 e. The first-order valence-electron chi connectivity index (χ1n) is 6.02. The van der Waals surface area contributed by atoms with Crippen LogP contribution in [0, 0.1) is 0 Å². The third kappa shape index (κ3) is 2.71. The van der Waals surface area contributed by atoms with E-state index < -0.39 is 0 Å². The van der Waals surface area contributed by atoms with Gasteiger partial charge in [0, 0.05) is 7.11 Å². The van der Waals surface area contributed by atoms with Crippen molar-refractivity contribution in [3.8, 4) is 0 Å².